The molecule has 2 N–H and O–H groups in total. The summed E-state index contributed by atoms with van der Waals surface area (Å²) in [6.45, 7) is -0.699. The van der Waals surface area contributed by atoms with Gasteiger partial charge in [-0.15, -0.1) is 0 Å². The number of benzene rings is 1. The van der Waals surface area contributed by atoms with E-state index in [1.807, 2.05) is 0 Å². The Labute approximate surface area is 129 Å². The van der Waals surface area contributed by atoms with Gasteiger partial charge >= 0.3 is 0 Å². The van der Waals surface area contributed by atoms with E-state index in [9.17, 15) is 13.2 Å². The molecule has 0 fully saturated rings. The number of alkyl halides is 1. The molecule has 3 rings (SSSR count). The summed E-state index contributed by atoms with van der Waals surface area (Å²) in [5.74, 6) is -1.52. The van der Waals surface area contributed by atoms with E-state index in [-0.39, 0.29) is 23.8 Å². The fourth-order valence-electron chi connectivity index (χ4n) is 2.24. The number of nitrogens with zero attached hydrogens (tertiary/aromatic N) is 4. The molecule has 2 heterocycles. The molecular formula is C15H12F3N5. The SMILES string of the molecule is Nc1nccc(-c2cn(CCF)nc2-c2c(F)cccc2F)n1. The normalized spacial score (nSPS) is 10.9. The molecule has 0 saturated carbocycles. The van der Waals surface area contributed by atoms with Crippen molar-refractivity contribution >= 4 is 5.95 Å². The van der Waals surface area contributed by atoms with Gasteiger partial charge in [-0.2, -0.15) is 5.10 Å². The third-order valence-electron chi connectivity index (χ3n) is 3.23. The van der Waals surface area contributed by atoms with Crippen LogP contribution >= 0.6 is 0 Å². The number of aryl methyl sites for hydroxylation is 1. The quantitative estimate of drug-likeness (QED) is 0.803. The molecular weight excluding hydrogens is 307 g/mol. The van der Waals surface area contributed by atoms with Gasteiger partial charge in [0.25, 0.3) is 0 Å². The van der Waals surface area contributed by atoms with Gasteiger partial charge in [-0.05, 0) is 18.2 Å². The molecule has 2 aromatic heterocycles. The Hall–Kier alpha value is -2.90. The number of halogens is 3. The van der Waals surface area contributed by atoms with Gasteiger partial charge in [0.05, 0.1) is 17.8 Å². The van der Waals surface area contributed by atoms with Gasteiger partial charge in [-0.25, -0.2) is 23.1 Å². The lowest BCUT2D eigenvalue weighted by Gasteiger charge is -2.05. The fourth-order valence-corrected chi connectivity index (χ4v) is 2.24. The summed E-state index contributed by atoms with van der Waals surface area (Å²) in [7, 11) is 0. The number of hydrogen-bond donors (Lipinski definition) is 1. The zero-order chi connectivity index (χ0) is 16.4. The second-order valence-electron chi connectivity index (χ2n) is 4.74. The Morgan fingerprint density at radius 1 is 1.13 bits per heavy atom. The smallest absolute Gasteiger partial charge is 0.220 e. The van der Waals surface area contributed by atoms with E-state index >= 15 is 0 Å². The van der Waals surface area contributed by atoms with Crippen LogP contribution in [0.15, 0.2) is 36.7 Å². The third kappa shape index (κ3) is 2.87. The summed E-state index contributed by atoms with van der Waals surface area (Å²) in [5.41, 5.74) is 5.98. The highest BCUT2D eigenvalue weighted by Crippen LogP contribution is 2.33. The van der Waals surface area contributed by atoms with Crippen LogP contribution in [0.4, 0.5) is 19.1 Å². The Morgan fingerprint density at radius 2 is 1.87 bits per heavy atom. The minimum absolute atomic E-state index is 0.0145. The molecule has 0 saturated heterocycles. The molecule has 1 aromatic carbocycles. The van der Waals surface area contributed by atoms with E-state index in [2.05, 4.69) is 15.1 Å². The van der Waals surface area contributed by atoms with Crippen molar-refractivity contribution < 1.29 is 13.2 Å². The zero-order valence-electron chi connectivity index (χ0n) is 11.9. The van der Waals surface area contributed by atoms with Gasteiger partial charge in [-0.1, -0.05) is 6.07 Å². The van der Waals surface area contributed by atoms with Crippen molar-refractivity contribution in [2.45, 2.75) is 6.54 Å². The first kappa shape index (κ1) is 15.0. The summed E-state index contributed by atoms with van der Waals surface area (Å²) >= 11 is 0. The van der Waals surface area contributed by atoms with Gasteiger partial charge in [-0.3, -0.25) is 4.68 Å². The molecule has 0 spiro atoms. The summed E-state index contributed by atoms with van der Waals surface area (Å²) in [6, 6.07) is 5.06. The average molecular weight is 319 g/mol. The van der Waals surface area contributed by atoms with Crippen LogP contribution in [0.2, 0.25) is 0 Å². The molecule has 0 radical (unpaired) electrons. The van der Waals surface area contributed by atoms with E-state index in [1.165, 1.54) is 29.2 Å². The van der Waals surface area contributed by atoms with Gasteiger partial charge in [0.1, 0.15) is 24.0 Å². The van der Waals surface area contributed by atoms with E-state index in [4.69, 9.17) is 5.73 Å². The van der Waals surface area contributed by atoms with E-state index < -0.39 is 18.3 Å². The molecule has 118 valence electrons. The second-order valence-corrected chi connectivity index (χ2v) is 4.74. The third-order valence-corrected chi connectivity index (χ3v) is 3.23. The first-order chi connectivity index (χ1) is 11.1. The highest BCUT2D eigenvalue weighted by molar-refractivity contribution is 5.79. The van der Waals surface area contributed by atoms with E-state index in [0.717, 1.165) is 12.1 Å². The van der Waals surface area contributed by atoms with Crippen LogP contribution in [-0.2, 0) is 6.54 Å². The maximum atomic E-state index is 14.1. The number of aromatic nitrogens is 4. The number of nitrogens with two attached hydrogens (primary N) is 1. The largest absolute Gasteiger partial charge is 0.368 e. The lowest BCUT2D eigenvalue weighted by molar-refractivity contribution is 0.427. The lowest BCUT2D eigenvalue weighted by atomic mass is 10.0. The summed E-state index contributed by atoms with van der Waals surface area (Å²) in [6.07, 6.45) is 2.90. The predicted molar refractivity (Wildman–Crippen MR) is 79.0 cm³/mol. The molecule has 0 aliphatic rings. The highest BCUT2D eigenvalue weighted by atomic mass is 19.1. The van der Waals surface area contributed by atoms with Crippen LogP contribution in [0.5, 0.6) is 0 Å². The number of nitrogen functional groups attached to an aromatic ring is 1. The van der Waals surface area contributed by atoms with Gasteiger partial charge < -0.3 is 5.73 Å². The Bertz CT molecular complexity index is 827. The molecule has 0 amide bonds. The molecule has 23 heavy (non-hydrogen) atoms. The van der Waals surface area contributed by atoms with Crippen molar-refractivity contribution in [2.75, 3.05) is 12.4 Å². The van der Waals surface area contributed by atoms with Crippen molar-refractivity contribution in [1.82, 2.24) is 19.7 Å². The van der Waals surface area contributed by atoms with Gasteiger partial charge in [0.15, 0.2) is 0 Å². The molecule has 0 bridgehead atoms. The Kier molecular flexibility index (Phi) is 3.96. The van der Waals surface area contributed by atoms with Crippen molar-refractivity contribution in [3.05, 3.63) is 48.3 Å². The summed E-state index contributed by atoms with van der Waals surface area (Å²) < 4.78 is 42.0. The van der Waals surface area contributed by atoms with E-state index in [1.54, 1.807) is 0 Å². The summed E-state index contributed by atoms with van der Waals surface area (Å²) in [5, 5.41) is 4.09. The van der Waals surface area contributed by atoms with Crippen LogP contribution in [0, 0.1) is 11.6 Å². The maximum Gasteiger partial charge on any atom is 0.220 e. The lowest BCUT2D eigenvalue weighted by Crippen LogP contribution is -2.00. The van der Waals surface area contributed by atoms with Crippen LogP contribution in [0.1, 0.15) is 0 Å². The van der Waals surface area contributed by atoms with Gasteiger partial charge in [0, 0.05) is 18.0 Å². The molecule has 0 unspecified atom stereocenters. The topological polar surface area (TPSA) is 69.6 Å². The number of rotatable bonds is 4. The van der Waals surface area contributed by atoms with Gasteiger partial charge in [0.2, 0.25) is 5.95 Å². The fraction of sp³-hybridized carbons (Fsp3) is 0.133. The number of hydrogen-bond acceptors (Lipinski definition) is 4. The highest BCUT2D eigenvalue weighted by Gasteiger charge is 2.20. The zero-order valence-corrected chi connectivity index (χ0v) is 11.9. The van der Waals surface area contributed by atoms with Crippen LogP contribution in [0.3, 0.4) is 0 Å². The maximum absolute atomic E-state index is 14.1. The Balaban J connectivity index is 2.23. The molecule has 5 nitrogen and oxygen atoms in total. The molecule has 8 heteroatoms. The molecule has 0 aliphatic carbocycles. The Morgan fingerprint density at radius 3 is 2.52 bits per heavy atom. The second kappa shape index (κ2) is 6.07. The van der Waals surface area contributed by atoms with Crippen molar-refractivity contribution in [3.63, 3.8) is 0 Å². The van der Waals surface area contributed by atoms with Crippen LogP contribution < -0.4 is 5.73 Å². The van der Waals surface area contributed by atoms with Crippen LogP contribution in [0.25, 0.3) is 22.5 Å². The minimum atomic E-state index is -0.765. The van der Waals surface area contributed by atoms with Crippen molar-refractivity contribution in [2.24, 2.45) is 0 Å². The summed E-state index contributed by atoms with van der Waals surface area (Å²) in [4.78, 5) is 7.81. The molecule has 0 atom stereocenters. The first-order valence-electron chi connectivity index (χ1n) is 6.77. The minimum Gasteiger partial charge on any atom is -0.368 e. The molecule has 0 aliphatic heterocycles. The van der Waals surface area contributed by atoms with Crippen LogP contribution in [-0.4, -0.2) is 26.4 Å². The molecule has 3 aromatic rings. The van der Waals surface area contributed by atoms with E-state index in [0.29, 0.717) is 11.3 Å². The standard InChI is InChI=1S/C15H12F3N5/c16-5-7-23-8-9(12-4-6-20-15(19)21-12)14(22-23)13-10(17)2-1-3-11(13)18/h1-4,6,8H,5,7H2,(H2,19,20,21). The predicted octanol–water partition coefficient (Wildman–Crippen LogP) is 2.84. The average Bonchev–Trinajstić information content (AvgIpc) is 2.91. The van der Waals surface area contributed by atoms with Crippen molar-refractivity contribution in [3.8, 4) is 22.5 Å². The monoisotopic (exact) mass is 319 g/mol. The van der Waals surface area contributed by atoms with Crippen molar-refractivity contribution in [1.29, 1.82) is 0 Å². The first-order valence-corrected chi connectivity index (χ1v) is 6.77. The number of anilines is 1.